The molecule has 0 aliphatic carbocycles. The highest BCUT2D eigenvalue weighted by atomic mass is 16.1. The third-order valence-electron chi connectivity index (χ3n) is 3.94. The molecule has 2 aromatic heterocycles. The summed E-state index contributed by atoms with van der Waals surface area (Å²) in [4.78, 5) is 23.3. The fraction of sp³-hybridized carbons (Fsp3) is 0.211. The van der Waals surface area contributed by atoms with Crippen LogP contribution in [0.3, 0.4) is 0 Å². The predicted octanol–water partition coefficient (Wildman–Crippen LogP) is 3.73. The first-order chi connectivity index (χ1) is 11.7. The molecule has 5 nitrogen and oxygen atoms in total. The maximum absolute atomic E-state index is 12.4. The van der Waals surface area contributed by atoms with Crippen molar-refractivity contribution < 1.29 is 4.79 Å². The number of carbonyl (C=O) groups excluding carboxylic acids is 1. The van der Waals surface area contributed by atoms with E-state index in [0.717, 1.165) is 29.8 Å². The Bertz CT molecular complexity index is 841. The third-order valence-corrected chi connectivity index (χ3v) is 3.94. The van der Waals surface area contributed by atoms with E-state index in [1.807, 2.05) is 36.4 Å². The van der Waals surface area contributed by atoms with Crippen LogP contribution in [0, 0.1) is 0 Å². The summed E-state index contributed by atoms with van der Waals surface area (Å²) in [5, 5.41) is 3.87. The van der Waals surface area contributed by atoms with Crippen molar-refractivity contribution in [2.24, 2.45) is 0 Å². The lowest BCUT2D eigenvalue weighted by Gasteiger charge is -2.19. The van der Waals surface area contributed by atoms with Gasteiger partial charge >= 0.3 is 0 Å². The molecule has 0 spiro atoms. The Morgan fingerprint density at radius 2 is 1.83 bits per heavy atom. The molecule has 0 aliphatic heterocycles. The molecule has 24 heavy (non-hydrogen) atoms. The average molecular weight is 320 g/mol. The minimum Gasteiger partial charge on any atom is -0.357 e. The molecule has 0 saturated carbocycles. The molecule has 5 heteroatoms. The number of carbonyl (C=O) groups is 1. The molecular formula is C19H20N4O. The SMILES string of the molecule is CCN(CC)c1ccc(C(=O)Nc2ccc3ccccc3n2)cn1. The van der Waals surface area contributed by atoms with Crippen LogP contribution in [0.25, 0.3) is 10.9 Å². The highest BCUT2D eigenvalue weighted by Crippen LogP contribution is 2.16. The zero-order chi connectivity index (χ0) is 16.9. The summed E-state index contributed by atoms with van der Waals surface area (Å²) in [7, 11) is 0. The second-order valence-electron chi connectivity index (χ2n) is 5.42. The summed E-state index contributed by atoms with van der Waals surface area (Å²) in [5.41, 5.74) is 1.37. The van der Waals surface area contributed by atoms with Crippen LogP contribution in [0.1, 0.15) is 24.2 Å². The average Bonchev–Trinajstić information content (AvgIpc) is 2.63. The van der Waals surface area contributed by atoms with E-state index in [2.05, 4.69) is 34.0 Å². The van der Waals surface area contributed by atoms with Crippen LogP contribution in [-0.4, -0.2) is 29.0 Å². The van der Waals surface area contributed by atoms with Crippen molar-refractivity contribution in [3.63, 3.8) is 0 Å². The highest BCUT2D eigenvalue weighted by molar-refractivity contribution is 6.04. The van der Waals surface area contributed by atoms with Gasteiger partial charge in [-0.3, -0.25) is 4.79 Å². The summed E-state index contributed by atoms with van der Waals surface area (Å²) < 4.78 is 0. The largest absolute Gasteiger partial charge is 0.357 e. The minimum atomic E-state index is -0.212. The van der Waals surface area contributed by atoms with Gasteiger partial charge in [0.25, 0.3) is 5.91 Å². The Kier molecular flexibility index (Phi) is 4.70. The van der Waals surface area contributed by atoms with E-state index < -0.39 is 0 Å². The topological polar surface area (TPSA) is 58.1 Å². The number of hydrogen-bond donors (Lipinski definition) is 1. The van der Waals surface area contributed by atoms with Gasteiger partial charge in [-0.1, -0.05) is 18.2 Å². The fourth-order valence-electron chi connectivity index (χ4n) is 2.58. The number of amides is 1. The second kappa shape index (κ2) is 7.08. The number of fused-ring (bicyclic) bond motifs is 1. The molecule has 0 radical (unpaired) electrons. The van der Waals surface area contributed by atoms with Crippen molar-refractivity contribution in [1.29, 1.82) is 0 Å². The number of rotatable bonds is 5. The van der Waals surface area contributed by atoms with Gasteiger partial charge in [0.05, 0.1) is 11.1 Å². The van der Waals surface area contributed by atoms with Crippen molar-refractivity contribution in [3.05, 3.63) is 60.3 Å². The zero-order valence-corrected chi connectivity index (χ0v) is 13.9. The van der Waals surface area contributed by atoms with Crippen LogP contribution in [0.2, 0.25) is 0 Å². The van der Waals surface area contributed by atoms with E-state index in [9.17, 15) is 4.79 Å². The Labute approximate surface area is 141 Å². The van der Waals surface area contributed by atoms with Crippen molar-refractivity contribution >= 4 is 28.4 Å². The monoisotopic (exact) mass is 320 g/mol. The molecule has 1 N–H and O–H groups in total. The van der Waals surface area contributed by atoms with Gasteiger partial charge in [0.1, 0.15) is 11.6 Å². The Hall–Kier alpha value is -2.95. The lowest BCUT2D eigenvalue weighted by atomic mass is 10.2. The lowest BCUT2D eigenvalue weighted by Crippen LogP contribution is -2.23. The van der Waals surface area contributed by atoms with Gasteiger partial charge < -0.3 is 10.2 Å². The first kappa shape index (κ1) is 15.9. The summed E-state index contributed by atoms with van der Waals surface area (Å²) in [6, 6.07) is 15.2. The Balaban J connectivity index is 1.76. The molecule has 1 aromatic carbocycles. The van der Waals surface area contributed by atoms with E-state index in [1.54, 1.807) is 18.3 Å². The number of para-hydroxylation sites is 1. The predicted molar refractivity (Wildman–Crippen MR) is 97.5 cm³/mol. The van der Waals surface area contributed by atoms with Gasteiger partial charge in [-0.25, -0.2) is 9.97 Å². The number of nitrogens with one attached hydrogen (secondary N) is 1. The molecule has 122 valence electrons. The highest BCUT2D eigenvalue weighted by Gasteiger charge is 2.09. The van der Waals surface area contributed by atoms with Gasteiger partial charge in [0.15, 0.2) is 0 Å². The minimum absolute atomic E-state index is 0.212. The smallest absolute Gasteiger partial charge is 0.258 e. The van der Waals surface area contributed by atoms with Crippen LogP contribution >= 0.6 is 0 Å². The quantitative estimate of drug-likeness (QED) is 0.778. The molecule has 0 bridgehead atoms. The molecule has 2 heterocycles. The van der Waals surface area contributed by atoms with Gasteiger partial charge in [-0.05, 0) is 44.2 Å². The normalized spacial score (nSPS) is 10.6. The maximum atomic E-state index is 12.4. The fourth-order valence-corrected chi connectivity index (χ4v) is 2.58. The van der Waals surface area contributed by atoms with Crippen molar-refractivity contribution in [1.82, 2.24) is 9.97 Å². The van der Waals surface area contributed by atoms with E-state index in [4.69, 9.17) is 0 Å². The molecule has 0 saturated heterocycles. The van der Waals surface area contributed by atoms with E-state index in [0.29, 0.717) is 11.4 Å². The maximum Gasteiger partial charge on any atom is 0.258 e. The number of hydrogen-bond acceptors (Lipinski definition) is 4. The molecule has 0 unspecified atom stereocenters. The summed E-state index contributed by atoms with van der Waals surface area (Å²) in [5.74, 6) is 1.20. The number of anilines is 2. The molecule has 0 aliphatic rings. The van der Waals surface area contributed by atoms with Gasteiger partial charge in [0, 0.05) is 24.7 Å². The van der Waals surface area contributed by atoms with E-state index in [1.165, 1.54) is 0 Å². The molecule has 3 aromatic rings. The van der Waals surface area contributed by atoms with Crippen LogP contribution in [0.4, 0.5) is 11.6 Å². The van der Waals surface area contributed by atoms with Crippen molar-refractivity contribution in [3.8, 4) is 0 Å². The van der Waals surface area contributed by atoms with Gasteiger partial charge in [0.2, 0.25) is 0 Å². The van der Waals surface area contributed by atoms with Crippen LogP contribution in [0.5, 0.6) is 0 Å². The molecule has 0 atom stereocenters. The second-order valence-corrected chi connectivity index (χ2v) is 5.42. The molecule has 3 rings (SSSR count). The lowest BCUT2D eigenvalue weighted by molar-refractivity contribution is 0.102. The summed E-state index contributed by atoms with van der Waals surface area (Å²) in [6.45, 7) is 5.93. The van der Waals surface area contributed by atoms with Crippen molar-refractivity contribution in [2.75, 3.05) is 23.3 Å². The molecular weight excluding hydrogens is 300 g/mol. The van der Waals surface area contributed by atoms with Crippen LogP contribution in [0.15, 0.2) is 54.7 Å². The third kappa shape index (κ3) is 3.35. The van der Waals surface area contributed by atoms with Crippen molar-refractivity contribution in [2.45, 2.75) is 13.8 Å². The Morgan fingerprint density at radius 1 is 1.04 bits per heavy atom. The first-order valence-corrected chi connectivity index (χ1v) is 8.09. The number of aromatic nitrogens is 2. The van der Waals surface area contributed by atoms with Gasteiger partial charge in [-0.15, -0.1) is 0 Å². The van der Waals surface area contributed by atoms with E-state index >= 15 is 0 Å². The first-order valence-electron chi connectivity index (χ1n) is 8.09. The summed E-state index contributed by atoms with van der Waals surface area (Å²) in [6.07, 6.45) is 1.60. The van der Waals surface area contributed by atoms with E-state index in [-0.39, 0.29) is 5.91 Å². The molecule has 0 fully saturated rings. The van der Waals surface area contributed by atoms with Gasteiger partial charge in [-0.2, -0.15) is 0 Å². The standard InChI is InChI=1S/C19H20N4O/c1-3-23(4-2)18-12-10-15(13-20-18)19(24)22-17-11-9-14-7-5-6-8-16(14)21-17/h5-13H,3-4H2,1-2H3,(H,21,22,24). The number of nitrogens with zero attached hydrogens (tertiary/aromatic N) is 3. The molecule has 1 amide bonds. The number of pyridine rings is 2. The zero-order valence-electron chi connectivity index (χ0n) is 13.9. The van der Waals surface area contributed by atoms with Crippen LogP contribution < -0.4 is 10.2 Å². The van der Waals surface area contributed by atoms with Crippen LogP contribution in [-0.2, 0) is 0 Å². The summed E-state index contributed by atoms with van der Waals surface area (Å²) >= 11 is 0. The Morgan fingerprint density at radius 3 is 2.54 bits per heavy atom. The number of benzene rings is 1.